The minimum Gasteiger partial charge on any atom is -0.493 e. The predicted molar refractivity (Wildman–Crippen MR) is 134 cm³/mol. The van der Waals surface area contributed by atoms with Crippen LogP contribution in [-0.4, -0.2) is 66.2 Å². The maximum absolute atomic E-state index is 12.6. The van der Waals surface area contributed by atoms with Crippen LogP contribution in [0.4, 0.5) is 0 Å². The Kier molecular flexibility index (Phi) is 9.53. The molecule has 3 rings (SSSR count). The lowest BCUT2D eigenvalue weighted by atomic mass is 9.92. The van der Waals surface area contributed by atoms with Gasteiger partial charge in [0.15, 0.2) is 11.5 Å². The first-order chi connectivity index (χ1) is 16.3. The average Bonchev–Trinajstić information content (AvgIpc) is 3.15. The molecule has 0 radical (unpaired) electrons. The Morgan fingerprint density at radius 3 is 2.59 bits per heavy atom. The second kappa shape index (κ2) is 12.4. The minimum absolute atomic E-state index is 0.0459. The molecule has 0 bridgehead atoms. The molecule has 8 nitrogen and oxygen atoms in total. The third-order valence-electron chi connectivity index (χ3n) is 6.03. The number of methoxy groups -OCH3 is 2. The highest BCUT2D eigenvalue weighted by molar-refractivity contribution is 7.84. The second-order valence-electron chi connectivity index (χ2n) is 9.23. The maximum atomic E-state index is 12.6. The Balaban J connectivity index is 1.46. The Morgan fingerprint density at radius 2 is 1.91 bits per heavy atom. The summed E-state index contributed by atoms with van der Waals surface area (Å²) in [6.07, 6.45) is 2.19. The number of rotatable bonds is 11. The number of aromatic nitrogens is 1. The van der Waals surface area contributed by atoms with Crippen LogP contribution in [-0.2, 0) is 21.3 Å². The van der Waals surface area contributed by atoms with Gasteiger partial charge in [-0.15, -0.1) is 0 Å². The van der Waals surface area contributed by atoms with Gasteiger partial charge in [-0.05, 0) is 56.3 Å². The predicted octanol–water partition coefficient (Wildman–Crippen LogP) is 3.40. The van der Waals surface area contributed by atoms with Crippen molar-refractivity contribution in [2.24, 2.45) is 11.8 Å². The second-order valence-corrected chi connectivity index (χ2v) is 10.7. The lowest BCUT2D eigenvalue weighted by Crippen LogP contribution is -2.40. The van der Waals surface area contributed by atoms with Gasteiger partial charge in [-0.25, -0.2) is 4.98 Å². The summed E-state index contributed by atoms with van der Waals surface area (Å²) in [5.41, 5.74) is 1.32. The lowest BCUT2D eigenvalue weighted by Gasteiger charge is -2.34. The molecule has 9 heteroatoms. The molecule has 1 N–H and O–H groups in total. The van der Waals surface area contributed by atoms with Crippen molar-refractivity contribution in [1.29, 1.82) is 0 Å². The zero-order valence-corrected chi connectivity index (χ0v) is 21.7. The number of aryl methyl sites for hydroxylation is 1. The van der Waals surface area contributed by atoms with Crippen molar-refractivity contribution in [3.63, 3.8) is 0 Å². The number of benzene rings is 1. The van der Waals surface area contributed by atoms with E-state index in [0.29, 0.717) is 35.4 Å². The summed E-state index contributed by atoms with van der Waals surface area (Å²) in [5, 5.41) is 2.90. The number of nitrogens with zero attached hydrogens (tertiary/aromatic N) is 2. The van der Waals surface area contributed by atoms with Crippen molar-refractivity contribution in [1.82, 2.24) is 15.2 Å². The lowest BCUT2D eigenvalue weighted by molar-refractivity contribution is -0.118. The van der Waals surface area contributed by atoms with E-state index in [2.05, 4.69) is 29.0 Å². The van der Waals surface area contributed by atoms with Gasteiger partial charge < -0.3 is 24.1 Å². The fourth-order valence-electron chi connectivity index (χ4n) is 4.56. The molecule has 1 aromatic carbocycles. The average molecular weight is 492 g/mol. The fourth-order valence-corrected chi connectivity index (χ4v) is 5.63. The summed E-state index contributed by atoms with van der Waals surface area (Å²) in [7, 11) is 1.77. The fraction of sp³-hybridized carbons (Fsp3) is 0.600. The maximum Gasteiger partial charge on any atom is 0.232 e. The highest BCUT2D eigenvalue weighted by Crippen LogP contribution is 2.32. The molecule has 1 aromatic heterocycles. The van der Waals surface area contributed by atoms with Crippen molar-refractivity contribution < 1.29 is 22.9 Å². The molecule has 2 aromatic rings. The first-order valence-electron chi connectivity index (χ1n) is 11.8. The van der Waals surface area contributed by atoms with Gasteiger partial charge in [-0.2, -0.15) is 0 Å². The minimum atomic E-state index is -1.37. The van der Waals surface area contributed by atoms with Crippen molar-refractivity contribution in [2.45, 2.75) is 39.4 Å². The van der Waals surface area contributed by atoms with E-state index in [1.807, 2.05) is 6.07 Å². The Bertz CT molecular complexity index is 983. The van der Waals surface area contributed by atoms with E-state index in [4.69, 9.17) is 13.9 Å². The van der Waals surface area contributed by atoms with Gasteiger partial charge in [0.25, 0.3) is 0 Å². The molecule has 1 amide bonds. The largest absolute Gasteiger partial charge is 0.493 e. The molecule has 3 atom stereocenters. The third-order valence-corrected chi connectivity index (χ3v) is 7.21. The summed E-state index contributed by atoms with van der Waals surface area (Å²) in [6, 6.07) is 5.39. The highest BCUT2D eigenvalue weighted by atomic mass is 32.2. The van der Waals surface area contributed by atoms with Crippen LogP contribution >= 0.6 is 0 Å². The molecule has 1 saturated heterocycles. The number of amides is 1. The van der Waals surface area contributed by atoms with Gasteiger partial charge >= 0.3 is 0 Å². The van der Waals surface area contributed by atoms with Crippen LogP contribution in [0.3, 0.4) is 0 Å². The number of hydrogen-bond donors (Lipinski definition) is 1. The first-order valence-corrected chi connectivity index (χ1v) is 13.3. The SMILES string of the molecule is COc1ccc(-c2nc(C[S@@](=O)CC(=O)NCCCN3C[C@H](C)C[C@@H](C)C3)c(C)o2)cc1OC. The zero-order chi connectivity index (χ0) is 24.7. The van der Waals surface area contributed by atoms with Crippen LogP contribution in [0.5, 0.6) is 11.5 Å². The van der Waals surface area contributed by atoms with Crippen molar-refractivity contribution in [3.05, 3.63) is 29.7 Å². The van der Waals surface area contributed by atoms with Crippen molar-refractivity contribution in [2.75, 3.05) is 46.2 Å². The normalized spacial score (nSPS) is 19.6. The van der Waals surface area contributed by atoms with Gasteiger partial charge in [-0.1, -0.05) is 13.8 Å². The number of carbonyl (C=O) groups excluding carboxylic acids is 1. The van der Waals surface area contributed by atoms with E-state index >= 15 is 0 Å². The Labute approximate surface area is 204 Å². The van der Waals surface area contributed by atoms with Crippen LogP contribution in [0.1, 0.15) is 38.1 Å². The zero-order valence-electron chi connectivity index (χ0n) is 20.9. The van der Waals surface area contributed by atoms with E-state index in [1.165, 1.54) is 6.42 Å². The monoisotopic (exact) mass is 491 g/mol. The van der Waals surface area contributed by atoms with Crippen LogP contribution in [0.15, 0.2) is 22.6 Å². The Hall–Kier alpha value is -2.39. The number of likely N-dealkylation sites (tertiary alicyclic amines) is 1. The van der Waals surface area contributed by atoms with Crippen LogP contribution in [0, 0.1) is 18.8 Å². The molecule has 34 heavy (non-hydrogen) atoms. The molecule has 188 valence electrons. The molecule has 1 aliphatic rings. The first kappa shape index (κ1) is 26.2. The van der Waals surface area contributed by atoms with E-state index in [0.717, 1.165) is 43.5 Å². The van der Waals surface area contributed by atoms with Gasteiger partial charge in [0.1, 0.15) is 11.5 Å². The van der Waals surface area contributed by atoms with Crippen LogP contribution in [0.25, 0.3) is 11.5 Å². The molecule has 1 fully saturated rings. The molecule has 0 aliphatic carbocycles. The van der Waals surface area contributed by atoms with Gasteiger partial charge in [0.2, 0.25) is 11.8 Å². The third kappa shape index (κ3) is 7.30. The molecule has 0 unspecified atom stereocenters. The smallest absolute Gasteiger partial charge is 0.232 e. The van der Waals surface area contributed by atoms with Gasteiger partial charge in [-0.3, -0.25) is 9.00 Å². The van der Waals surface area contributed by atoms with Gasteiger partial charge in [0, 0.05) is 36.0 Å². The van der Waals surface area contributed by atoms with Crippen LogP contribution < -0.4 is 14.8 Å². The number of hydrogen-bond acceptors (Lipinski definition) is 7. The quantitative estimate of drug-likeness (QED) is 0.482. The molecule has 0 spiro atoms. The van der Waals surface area contributed by atoms with E-state index < -0.39 is 10.8 Å². The topological polar surface area (TPSA) is 93.9 Å². The van der Waals surface area contributed by atoms with E-state index in [1.54, 1.807) is 33.3 Å². The van der Waals surface area contributed by atoms with E-state index in [9.17, 15) is 9.00 Å². The summed E-state index contributed by atoms with van der Waals surface area (Å²) < 4.78 is 29.0. The van der Waals surface area contributed by atoms with E-state index in [-0.39, 0.29) is 17.4 Å². The summed E-state index contributed by atoms with van der Waals surface area (Å²) >= 11 is 0. The summed E-state index contributed by atoms with van der Waals surface area (Å²) in [6.45, 7) is 10.2. The molecule has 0 saturated carbocycles. The molecular formula is C25H37N3O5S. The Morgan fingerprint density at radius 1 is 1.21 bits per heavy atom. The molecular weight excluding hydrogens is 454 g/mol. The number of carbonyl (C=O) groups is 1. The number of oxazole rings is 1. The molecule has 2 heterocycles. The number of ether oxygens (including phenoxy) is 2. The summed E-state index contributed by atoms with van der Waals surface area (Å²) in [5.74, 6) is 3.57. The number of piperidine rings is 1. The standard InChI is InChI=1S/C25H37N3O5S/c1-17-11-18(2)14-28(13-17)10-6-9-26-24(29)16-34(30)15-21-19(3)33-25(27-21)20-7-8-22(31-4)23(12-20)32-5/h7-8,12,17-18H,6,9-11,13-16H2,1-5H3,(H,26,29)/t17-,18-,34-/m1/s1. The van der Waals surface area contributed by atoms with Crippen LogP contribution in [0.2, 0.25) is 0 Å². The van der Waals surface area contributed by atoms with Crippen molar-refractivity contribution >= 4 is 16.7 Å². The molecule has 1 aliphatic heterocycles. The van der Waals surface area contributed by atoms with Crippen molar-refractivity contribution in [3.8, 4) is 23.0 Å². The van der Waals surface area contributed by atoms with Gasteiger partial charge in [0.05, 0.1) is 25.7 Å². The number of nitrogens with one attached hydrogen (secondary N) is 1. The summed E-state index contributed by atoms with van der Waals surface area (Å²) in [4.78, 5) is 19.2. The highest BCUT2D eigenvalue weighted by Gasteiger charge is 2.21.